The number of nitrogens with zero attached hydrogens (tertiary/aromatic N) is 1. The third-order valence-electron chi connectivity index (χ3n) is 6.23. The Kier molecular flexibility index (Phi) is 6.64. The minimum Gasteiger partial charge on any atom is -0.488 e. The van der Waals surface area contributed by atoms with E-state index in [-0.39, 0.29) is 11.0 Å². The summed E-state index contributed by atoms with van der Waals surface area (Å²) in [6.07, 6.45) is 1.67. The molecule has 1 N–H and O–H groups in total. The van der Waals surface area contributed by atoms with Gasteiger partial charge < -0.3 is 9.47 Å². The fourth-order valence-electron chi connectivity index (χ4n) is 4.24. The van der Waals surface area contributed by atoms with Gasteiger partial charge in [0, 0.05) is 23.8 Å². The van der Waals surface area contributed by atoms with Crippen LogP contribution >= 0.6 is 0 Å². The summed E-state index contributed by atoms with van der Waals surface area (Å²) in [4.78, 5) is 17.9. The molecule has 1 amide bonds. The van der Waals surface area contributed by atoms with Crippen molar-refractivity contribution in [3.8, 4) is 5.75 Å². The lowest BCUT2D eigenvalue weighted by atomic mass is 9.92. The van der Waals surface area contributed by atoms with Gasteiger partial charge >= 0.3 is 0 Å². The lowest BCUT2D eigenvalue weighted by Gasteiger charge is -2.23. The molecule has 1 heterocycles. The minimum absolute atomic E-state index is 0.0362. The summed E-state index contributed by atoms with van der Waals surface area (Å²) in [6.45, 7) is 6.17. The Morgan fingerprint density at radius 3 is 2.62 bits per heavy atom. The van der Waals surface area contributed by atoms with Crippen LogP contribution in [0.1, 0.15) is 43.5 Å². The van der Waals surface area contributed by atoms with E-state index in [2.05, 4.69) is 9.71 Å². The second-order valence-corrected chi connectivity index (χ2v) is 10.5. The molecule has 34 heavy (non-hydrogen) atoms. The second-order valence-electron chi connectivity index (χ2n) is 8.86. The number of carbonyl (C=O) groups is 1. The molecule has 1 aliphatic rings. The van der Waals surface area contributed by atoms with E-state index >= 15 is 0 Å². The van der Waals surface area contributed by atoms with Gasteiger partial charge in [-0.15, -0.1) is 0 Å². The van der Waals surface area contributed by atoms with Gasteiger partial charge in [-0.3, -0.25) is 9.78 Å². The van der Waals surface area contributed by atoms with Crippen LogP contribution in [0.2, 0.25) is 0 Å². The van der Waals surface area contributed by atoms with E-state index < -0.39 is 21.3 Å². The minimum atomic E-state index is -4.11. The average Bonchev–Trinajstić information content (AvgIpc) is 3.60. The normalized spacial score (nSPS) is 15.6. The molecule has 1 fully saturated rings. The predicted octanol–water partition coefficient (Wildman–Crippen LogP) is 4.06. The highest BCUT2D eigenvalue weighted by Crippen LogP contribution is 2.52. The summed E-state index contributed by atoms with van der Waals surface area (Å²) in [7, 11) is -2.51. The molecule has 0 spiro atoms. The Labute approximate surface area is 200 Å². The summed E-state index contributed by atoms with van der Waals surface area (Å²) >= 11 is 0. The molecule has 2 aromatic carbocycles. The van der Waals surface area contributed by atoms with Crippen molar-refractivity contribution in [2.75, 3.05) is 13.7 Å². The van der Waals surface area contributed by atoms with Crippen molar-refractivity contribution >= 4 is 26.8 Å². The number of aryl methyl sites for hydroxylation is 2. The molecule has 1 aromatic heterocycles. The van der Waals surface area contributed by atoms with Gasteiger partial charge in [0.1, 0.15) is 11.9 Å². The number of rotatable bonds is 9. The summed E-state index contributed by atoms with van der Waals surface area (Å²) in [5.74, 6) is 0.0405. The third kappa shape index (κ3) is 4.65. The predicted molar refractivity (Wildman–Crippen MR) is 131 cm³/mol. The van der Waals surface area contributed by atoms with E-state index in [1.54, 1.807) is 31.4 Å². The number of hydrogen-bond donors (Lipinski definition) is 1. The second kappa shape index (κ2) is 9.35. The zero-order chi connectivity index (χ0) is 24.5. The maximum absolute atomic E-state index is 13.5. The average molecular weight is 483 g/mol. The smallest absolute Gasteiger partial charge is 0.264 e. The van der Waals surface area contributed by atoms with E-state index in [0.29, 0.717) is 36.1 Å². The van der Waals surface area contributed by atoms with Gasteiger partial charge in [-0.2, -0.15) is 0 Å². The zero-order valence-electron chi connectivity index (χ0n) is 19.9. The van der Waals surface area contributed by atoms with Gasteiger partial charge in [-0.1, -0.05) is 25.1 Å². The summed E-state index contributed by atoms with van der Waals surface area (Å²) < 4.78 is 40.2. The van der Waals surface area contributed by atoms with Crippen molar-refractivity contribution in [1.29, 1.82) is 0 Å². The molecule has 8 heteroatoms. The molecule has 1 atom stereocenters. The maximum Gasteiger partial charge on any atom is 0.264 e. The van der Waals surface area contributed by atoms with Gasteiger partial charge in [0.05, 0.1) is 22.4 Å². The largest absolute Gasteiger partial charge is 0.488 e. The monoisotopic (exact) mass is 482 g/mol. The molecule has 1 unspecified atom stereocenters. The van der Waals surface area contributed by atoms with Crippen molar-refractivity contribution in [3.05, 3.63) is 65.4 Å². The quantitative estimate of drug-likeness (QED) is 0.494. The first kappa shape index (κ1) is 24.2. The molecule has 0 radical (unpaired) electrons. The van der Waals surface area contributed by atoms with Crippen molar-refractivity contribution < 1.29 is 22.7 Å². The Morgan fingerprint density at radius 1 is 1.18 bits per heavy atom. The van der Waals surface area contributed by atoms with Crippen LogP contribution in [0.25, 0.3) is 10.9 Å². The number of amides is 1. The van der Waals surface area contributed by atoms with Crippen LogP contribution in [-0.2, 0) is 31.4 Å². The van der Waals surface area contributed by atoms with Crippen LogP contribution in [0.3, 0.4) is 0 Å². The number of nitrogens with one attached hydrogen (secondary N) is 1. The summed E-state index contributed by atoms with van der Waals surface area (Å²) in [6, 6.07) is 14.1. The number of ether oxygens (including phenoxy) is 2. The molecular weight excluding hydrogens is 452 g/mol. The molecule has 1 saturated carbocycles. The Morgan fingerprint density at radius 2 is 1.94 bits per heavy atom. The zero-order valence-corrected chi connectivity index (χ0v) is 20.7. The summed E-state index contributed by atoms with van der Waals surface area (Å²) in [5, 5.41) is 0.476. The number of hydrogen-bond acceptors (Lipinski definition) is 6. The first-order chi connectivity index (χ1) is 16.2. The van der Waals surface area contributed by atoms with Crippen molar-refractivity contribution in [3.63, 3.8) is 0 Å². The Hall–Kier alpha value is -2.97. The molecule has 7 nitrogen and oxygen atoms in total. The van der Waals surface area contributed by atoms with Crippen LogP contribution in [0.4, 0.5) is 0 Å². The Balaban J connectivity index is 1.68. The highest BCUT2D eigenvalue weighted by atomic mass is 32.2. The number of fused-ring (bicyclic) bond motifs is 1. The molecule has 0 bridgehead atoms. The molecule has 4 rings (SSSR count). The standard InChI is InChI=1S/C26H30N2O5S/c1-5-19-10-12-23(33-18(3)16-32-4)21(15-19)26(13-14-26)25(29)28-34(30,31)24-8-6-7-22-20(24)11-9-17(2)27-22/h6-12,15,18H,5,13-14,16H2,1-4H3,(H,28,29). The topological polar surface area (TPSA) is 94.6 Å². The number of methoxy groups -OCH3 is 1. The van der Waals surface area contributed by atoms with Gasteiger partial charge in [-0.05, 0) is 69.0 Å². The number of carbonyl (C=O) groups excluding carboxylic acids is 1. The van der Waals surface area contributed by atoms with Crippen LogP contribution < -0.4 is 9.46 Å². The Bertz CT molecular complexity index is 1330. The lowest BCUT2D eigenvalue weighted by molar-refractivity contribution is -0.121. The van der Waals surface area contributed by atoms with E-state index in [0.717, 1.165) is 23.2 Å². The highest BCUT2D eigenvalue weighted by molar-refractivity contribution is 7.90. The third-order valence-corrected chi connectivity index (χ3v) is 7.62. The molecule has 0 aliphatic heterocycles. The first-order valence-corrected chi connectivity index (χ1v) is 12.9. The number of aromatic nitrogens is 1. The van der Waals surface area contributed by atoms with Crippen molar-refractivity contribution in [2.24, 2.45) is 0 Å². The fourth-order valence-corrected chi connectivity index (χ4v) is 5.51. The van der Waals surface area contributed by atoms with Crippen LogP contribution in [-0.4, -0.2) is 39.1 Å². The van der Waals surface area contributed by atoms with Gasteiger partial charge in [0.2, 0.25) is 5.91 Å². The van der Waals surface area contributed by atoms with Gasteiger partial charge in [0.15, 0.2) is 0 Å². The van der Waals surface area contributed by atoms with Gasteiger partial charge in [0.25, 0.3) is 10.0 Å². The molecule has 180 valence electrons. The van der Waals surface area contributed by atoms with Gasteiger partial charge in [-0.25, -0.2) is 13.1 Å². The SMILES string of the molecule is CCc1ccc(OC(C)COC)c(C2(C(=O)NS(=O)(=O)c3cccc4nc(C)ccc34)CC2)c1. The van der Waals surface area contributed by atoms with E-state index in [4.69, 9.17) is 9.47 Å². The fraction of sp³-hybridized carbons (Fsp3) is 0.385. The summed E-state index contributed by atoms with van der Waals surface area (Å²) in [5.41, 5.74) is 2.18. The molecule has 3 aromatic rings. The van der Waals surface area contributed by atoms with E-state index in [9.17, 15) is 13.2 Å². The highest BCUT2D eigenvalue weighted by Gasteiger charge is 2.54. The maximum atomic E-state index is 13.5. The molecule has 1 aliphatic carbocycles. The lowest BCUT2D eigenvalue weighted by Crippen LogP contribution is -2.39. The van der Waals surface area contributed by atoms with Crippen molar-refractivity contribution in [1.82, 2.24) is 9.71 Å². The molecular formula is C26H30N2O5S. The number of benzene rings is 2. The first-order valence-electron chi connectivity index (χ1n) is 11.4. The van der Waals surface area contributed by atoms with E-state index in [1.165, 1.54) is 6.07 Å². The number of sulfonamides is 1. The van der Waals surface area contributed by atoms with Crippen LogP contribution in [0.15, 0.2) is 53.4 Å². The number of pyridine rings is 1. The van der Waals surface area contributed by atoms with E-state index in [1.807, 2.05) is 39.0 Å². The molecule has 0 saturated heterocycles. The van der Waals surface area contributed by atoms with Crippen molar-refractivity contribution in [2.45, 2.75) is 56.4 Å². The van der Waals surface area contributed by atoms with Crippen LogP contribution in [0.5, 0.6) is 5.75 Å². The van der Waals surface area contributed by atoms with Crippen LogP contribution in [0, 0.1) is 6.92 Å².